The lowest BCUT2D eigenvalue weighted by atomic mass is 9.52. The number of likely N-dealkylation sites (N-methyl/N-ethyl adjacent to an activating group) is 1. The molecule has 1 unspecified atom stereocenters. The smallest absolute Gasteiger partial charge is 0.338 e. The lowest BCUT2D eigenvalue weighted by molar-refractivity contribution is -0.155. The molecule has 7 rings (SSSR count). The summed E-state index contributed by atoms with van der Waals surface area (Å²) in [5.41, 5.74) is 3.56. The number of aliphatic hydroxyl groups is 1. The number of aliphatic hydroxyl groups excluding tert-OH is 1. The third-order valence-electron chi connectivity index (χ3n) is 13.4. The number of benzene rings is 2. The number of carbonyl (C=O) groups excluding carboxylic acids is 4. The minimum Gasteiger partial charge on any atom is -0.460 e. The molecule has 2 heterocycles. The SMILES string of the molecule is CN(C(=O)C1=C[C@H]2OCO[C@H]2[C@H](OC(=O)c2cccc(C=C3CCC4O[C@]4(C)CC[C@@H]4[C@@H]3CC4(C)C)c2)C1)[C@H](Cc1ccccc1)C(=O)N[C@H](CO)CCC(=O)OC(C)(C)C. The molecule has 2 saturated carbocycles. The Bertz CT molecular complexity index is 2000. The highest BCUT2D eigenvalue weighted by Gasteiger charge is 2.56. The first-order valence-corrected chi connectivity index (χ1v) is 22.0. The van der Waals surface area contributed by atoms with Crippen LogP contribution in [0.5, 0.6) is 0 Å². The molecule has 12 nitrogen and oxygen atoms in total. The Kier molecular flexibility index (Phi) is 13.3. The van der Waals surface area contributed by atoms with Crippen LogP contribution in [0.15, 0.2) is 71.8 Å². The lowest BCUT2D eigenvalue weighted by Gasteiger charge is -2.53. The summed E-state index contributed by atoms with van der Waals surface area (Å²) in [5.74, 6) is -0.764. The fraction of sp³-hybridized carbons (Fsp3) is 0.592. The molecule has 2 saturated heterocycles. The Hall–Kier alpha value is -4.36. The summed E-state index contributed by atoms with van der Waals surface area (Å²) in [5, 5.41) is 13.0. The third-order valence-corrected chi connectivity index (χ3v) is 13.4. The monoisotopic (exact) mass is 840 g/mol. The molecule has 5 aliphatic rings. The number of amides is 2. The highest BCUT2D eigenvalue weighted by atomic mass is 16.7. The van der Waals surface area contributed by atoms with Crippen molar-refractivity contribution in [3.8, 4) is 0 Å². The van der Waals surface area contributed by atoms with E-state index in [2.05, 4.69) is 32.2 Å². The van der Waals surface area contributed by atoms with Gasteiger partial charge in [0, 0.05) is 31.9 Å². The van der Waals surface area contributed by atoms with E-state index in [1.807, 2.05) is 48.5 Å². The number of epoxide rings is 1. The molecule has 330 valence electrons. The molecule has 0 aromatic heterocycles. The molecule has 2 amide bonds. The van der Waals surface area contributed by atoms with Crippen LogP contribution in [-0.2, 0) is 44.5 Å². The first-order valence-electron chi connectivity index (χ1n) is 22.0. The molecule has 2 N–H and O–H groups in total. The van der Waals surface area contributed by atoms with Gasteiger partial charge < -0.3 is 39.0 Å². The number of nitrogens with zero attached hydrogens (tertiary/aromatic N) is 1. The Morgan fingerprint density at radius 1 is 1.03 bits per heavy atom. The van der Waals surface area contributed by atoms with Crippen LogP contribution in [0.3, 0.4) is 0 Å². The molecular formula is C49H64N2O10. The van der Waals surface area contributed by atoms with Crippen molar-refractivity contribution in [1.29, 1.82) is 0 Å². The van der Waals surface area contributed by atoms with E-state index in [1.165, 1.54) is 10.5 Å². The van der Waals surface area contributed by atoms with Crippen LogP contribution < -0.4 is 5.32 Å². The second-order valence-corrected chi connectivity index (χ2v) is 19.6. The van der Waals surface area contributed by atoms with E-state index >= 15 is 0 Å². The number of hydrogen-bond donors (Lipinski definition) is 2. The van der Waals surface area contributed by atoms with E-state index in [0.29, 0.717) is 29.1 Å². The van der Waals surface area contributed by atoms with Crippen LogP contribution in [0.2, 0.25) is 0 Å². The van der Waals surface area contributed by atoms with E-state index in [-0.39, 0.29) is 43.5 Å². The van der Waals surface area contributed by atoms with Crippen molar-refractivity contribution >= 4 is 29.8 Å². The van der Waals surface area contributed by atoms with Crippen molar-refractivity contribution in [1.82, 2.24) is 10.2 Å². The maximum atomic E-state index is 14.4. The van der Waals surface area contributed by atoms with Gasteiger partial charge in [0.2, 0.25) is 11.8 Å². The minimum atomic E-state index is -0.979. The van der Waals surface area contributed by atoms with Gasteiger partial charge in [-0.2, -0.15) is 0 Å². The summed E-state index contributed by atoms with van der Waals surface area (Å²) in [7, 11) is 1.56. The summed E-state index contributed by atoms with van der Waals surface area (Å²) in [6.07, 6.45) is 7.96. The van der Waals surface area contributed by atoms with E-state index in [1.54, 1.807) is 40.0 Å². The second kappa shape index (κ2) is 18.2. The number of rotatable bonds is 13. The van der Waals surface area contributed by atoms with Crippen molar-refractivity contribution in [2.45, 2.75) is 147 Å². The normalized spacial score (nSPS) is 29.4. The average molecular weight is 841 g/mol. The molecule has 2 aromatic rings. The highest BCUT2D eigenvalue weighted by molar-refractivity contribution is 5.97. The fourth-order valence-corrected chi connectivity index (χ4v) is 9.90. The largest absolute Gasteiger partial charge is 0.460 e. The van der Waals surface area contributed by atoms with E-state index in [9.17, 15) is 24.3 Å². The van der Waals surface area contributed by atoms with Crippen molar-refractivity contribution in [2.24, 2.45) is 17.3 Å². The van der Waals surface area contributed by atoms with Gasteiger partial charge in [0.25, 0.3) is 0 Å². The molecule has 0 bridgehead atoms. The molecule has 0 spiro atoms. The Morgan fingerprint density at radius 2 is 1.80 bits per heavy atom. The molecule has 2 aromatic carbocycles. The number of hydrogen-bond acceptors (Lipinski definition) is 10. The van der Waals surface area contributed by atoms with Crippen LogP contribution in [0.25, 0.3) is 6.08 Å². The first-order chi connectivity index (χ1) is 28.9. The topological polar surface area (TPSA) is 153 Å². The van der Waals surface area contributed by atoms with Gasteiger partial charge in [-0.3, -0.25) is 14.4 Å². The quantitative estimate of drug-likeness (QED) is 0.164. The van der Waals surface area contributed by atoms with Crippen LogP contribution in [0, 0.1) is 17.3 Å². The predicted octanol–water partition coefficient (Wildman–Crippen LogP) is 6.73. The van der Waals surface area contributed by atoms with Crippen molar-refractivity contribution in [3.63, 3.8) is 0 Å². The van der Waals surface area contributed by atoms with Crippen LogP contribution in [0.1, 0.15) is 114 Å². The number of allylic oxidation sites excluding steroid dienone is 1. The molecule has 9 atom stereocenters. The van der Waals surface area contributed by atoms with Crippen molar-refractivity contribution in [2.75, 3.05) is 20.4 Å². The molecule has 3 aliphatic carbocycles. The number of ether oxygens (including phenoxy) is 5. The Morgan fingerprint density at radius 3 is 2.52 bits per heavy atom. The summed E-state index contributed by atoms with van der Waals surface area (Å²) in [4.78, 5) is 56.1. The lowest BCUT2D eigenvalue weighted by Crippen LogP contribution is -2.53. The first kappa shape index (κ1) is 44.7. The fourth-order valence-electron chi connectivity index (χ4n) is 9.90. The van der Waals surface area contributed by atoms with Gasteiger partial charge in [0.1, 0.15) is 36.7 Å². The number of carbonyl (C=O) groups is 4. The molecular weight excluding hydrogens is 777 g/mol. The summed E-state index contributed by atoms with van der Waals surface area (Å²) < 4.78 is 29.5. The summed E-state index contributed by atoms with van der Waals surface area (Å²) in [6.45, 7) is 11.9. The van der Waals surface area contributed by atoms with Gasteiger partial charge >= 0.3 is 11.9 Å². The predicted molar refractivity (Wildman–Crippen MR) is 229 cm³/mol. The second-order valence-electron chi connectivity index (χ2n) is 19.6. The molecule has 4 fully saturated rings. The van der Waals surface area contributed by atoms with Gasteiger partial charge in [0.15, 0.2) is 0 Å². The molecule has 2 aliphatic heterocycles. The average Bonchev–Trinajstić information content (AvgIpc) is 3.59. The van der Waals surface area contributed by atoms with Gasteiger partial charge in [-0.05, 0) is 113 Å². The highest BCUT2D eigenvalue weighted by Crippen LogP contribution is 2.59. The van der Waals surface area contributed by atoms with Crippen molar-refractivity contribution in [3.05, 3.63) is 88.5 Å². The third kappa shape index (κ3) is 10.6. The van der Waals surface area contributed by atoms with Crippen LogP contribution in [-0.4, -0.2) is 102 Å². The number of nitrogens with one attached hydrogen (secondary N) is 1. The molecule has 12 heteroatoms. The zero-order valence-electron chi connectivity index (χ0n) is 36.8. The molecule has 61 heavy (non-hydrogen) atoms. The standard InChI is InChI=1S/C49H64N2O10/c1-47(2,3)61-42(53)19-17-35(28-52)50-44(54)38(24-30-12-9-8-10-13-30)51(7)45(55)34-25-39-43(58-29-57-39)40(26-34)59-46(56)33-15-11-14-31(23-33)22-32-16-18-41-49(6,60-41)21-20-37-36(32)27-48(37,4)5/h8-15,22-23,25,35-41,43,52H,16-21,24,26-29H2,1-7H3,(H,50,54)/t35-,36+,37+,38+,39+,40+,41?,43+,49+/m0/s1. The van der Waals surface area contributed by atoms with Crippen LogP contribution in [0.4, 0.5) is 0 Å². The van der Waals surface area contributed by atoms with Crippen molar-refractivity contribution < 1.29 is 48.0 Å². The van der Waals surface area contributed by atoms with Gasteiger partial charge in [-0.25, -0.2) is 4.79 Å². The zero-order chi connectivity index (χ0) is 43.7. The Labute approximate surface area is 360 Å². The maximum Gasteiger partial charge on any atom is 0.338 e. The Balaban J connectivity index is 1.04. The van der Waals surface area contributed by atoms with Gasteiger partial charge in [-0.15, -0.1) is 0 Å². The number of fused-ring (bicyclic) bond motifs is 3. The summed E-state index contributed by atoms with van der Waals surface area (Å²) >= 11 is 0. The van der Waals surface area contributed by atoms with Crippen LogP contribution >= 0.6 is 0 Å². The van der Waals surface area contributed by atoms with Gasteiger partial charge in [-0.1, -0.05) is 68.0 Å². The molecule has 0 radical (unpaired) electrons. The maximum absolute atomic E-state index is 14.4. The zero-order valence-corrected chi connectivity index (χ0v) is 36.8. The summed E-state index contributed by atoms with van der Waals surface area (Å²) in [6, 6.07) is 15.1. The number of esters is 2. The van der Waals surface area contributed by atoms with Gasteiger partial charge in [0.05, 0.1) is 29.9 Å². The van der Waals surface area contributed by atoms with E-state index < -0.39 is 66.4 Å². The van der Waals surface area contributed by atoms with E-state index in [0.717, 1.165) is 43.2 Å². The van der Waals surface area contributed by atoms with E-state index in [4.69, 9.17) is 23.7 Å². The minimum absolute atomic E-state index is 0.00426.